The number of nitrogens with zero attached hydrogens (tertiary/aromatic N) is 4. The van der Waals surface area contributed by atoms with Crippen LogP contribution in [0.3, 0.4) is 0 Å². The molecular weight excluding hydrogens is 548 g/mol. The standard InChI is InChI=1S/C41H26N4/c1-4-10-27(11-5-1)35-21-18-30-16-20-34-33-19-17-31(24-36(33)44-40(39(34)41(30)43-35)29-14-8-3-9-15-29)32-22-23-45-26-37(42-38(45)25-32)28-12-6-2-7-13-28/h1-26H. The van der Waals surface area contributed by atoms with Gasteiger partial charge in [-0.15, -0.1) is 0 Å². The van der Waals surface area contributed by atoms with Crippen LogP contribution in [0.1, 0.15) is 0 Å². The van der Waals surface area contributed by atoms with Crippen LogP contribution in [-0.2, 0) is 0 Å². The summed E-state index contributed by atoms with van der Waals surface area (Å²) < 4.78 is 2.08. The molecule has 0 spiro atoms. The van der Waals surface area contributed by atoms with Gasteiger partial charge < -0.3 is 4.40 Å². The SMILES string of the molecule is c1ccc(-c2ccc3ccc4c5ccc(-c6ccn7cc(-c8ccccc8)nc7c6)cc5nc(-c5ccccc5)c4c3n2)cc1. The fraction of sp³-hybridized carbons (Fsp3) is 0. The van der Waals surface area contributed by atoms with Crippen molar-refractivity contribution >= 4 is 38.2 Å². The van der Waals surface area contributed by atoms with Crippen molar-refractivity contribution in [1.82, 2.24) is 19.4 Å². The lowest BCUT2D eigenvalue weighted by Crippen LogP contribution is -1.94. The minimum Gasteiger partial charge on any atom is -0.306 e. The van der Waals surface area contributed by atoms with E-state index in [-0.39, 0.29) is 0 Å². The maximum atomic E-state index is 5.36. The molecule has 9 rings (SSSR count). The largest absolute Gasteiger partial charge is 0.306 e. The molecule has 0 atom stereocenters. The molecule has 45 heavy (non-hydrogen) atoms. The summed E-state index contributed by atoms with van der Waals surface area (Å²) in [6.07, 6.45) is 4.16. The van der Waals surface area contributed by atoms with Crippen LogP contribution in [0.5, 0.6) is 0 Å². The van der Waals surface area contributed by atoms with Gasteiger partial charge in [0.2, 0.25) is 0 Å². The van der Waals surface area contributed by atoms with Gasteiger partial charge in [-0.25, -0.2) is 15.0 Å². The summed E-state index contributed by atoms with van der Waals surface area (Å²) >= 11 is 0. The Balaban J connectivity index is 1.25. The van der Waals surface area contributed by atoms with Crippen LogP contribution in [0.15, 0.2) is 158 Å². The molecule has 0 amide bonds. The first-order valence-electron chi connectivity index (χ1n) is 15.1. The molecule has 0 aliphatic carbocycles. The highest BCUT2D eigenvalue weighted by Gasteiger charge is 2.16. The fourth-order valence-electron chi connectivity index (χ4n) is 6.34. The molecule has 4 heterocycles. The Hall–Kier alpha value is -6.13. The Bertz CT molecular complexity index is 2520. The van der Waals surface area contributed by atoms with Gasteiger partial charge >= 0.3 is 0 Å². The van der Waals surface area contributed by atoms with E-state index in [9.17, 15) is 0 Å². The quantitative estimate of drug-likeness (QED) is 0.196. The molecule has 4 heteroatoms. The zero-order valence-corrected chi connectivity index (χ0v) is 24.3. The summed E-state index contributed by atoms with van der Waals surface area (Å²) in [5, 5.41) is 4.42. The first-order valence-corrected chi connectivity index (χ1v) is 15.1. The second-order valence-electron chi connectivity index (χ2n) is 11.4. The summed E-state index contributed by atoms with van der Waals surface area (Å²) in [6.45, 7) is 0. The normalized spacial score (nSPS) is 11.6. The first kappa shape index (κ1) is 25.4. The molecule has 0 N–H and O–H groups in total. The van der Waals surface area contributed by atoms with Gasteiger partial charge in [-0.2, -0.15) is 0 Å². The molecular formula is C41H26N4. The van der Waals surface area contributed by atoms with Crippen molar-refractivity contribution in [2.24, 2.45) is 0 Å². The topological polar surface area (TPSA) is 43.1 Å². The zero-order valence-electron chi connectivity index (χ0n) is 24.3. The third-order valence-electron chi connectivity index (χ3n) is 8.60. The van der Waals surface area contributed by atoms with Crippen molar-refractivity contribution < 1.29 is 0 Å². The van der Waals surface area contributed by atoms with E-state index in [1.54, 1.807) is 0 Å². The third-order valence-corrected chi connectivity index (χ3v) is 8.60. The predicted octanol–water partition coefficient (Wildman–Crippen LogP) is 10.3. The summed E-state index contributed by atoms with van der Waals surface area (Å²) in [5.74, 6) is 0. The highest BCUT2D eigenvalue weighted by Crippen LogP contribution is 2.38. The van der Waals surface area contributed by atoms with Crippen LogP contribution in [0.2, 0.25) is 0 Å². The highest BCUT2D eigenvalue weighted by molar-refractivity contribution is 6.20. The Morgan fingerprint density at radius 3 is 1.84 bits per heavy atom. The predicted molar refractivity (Wildman–Crippen MR) is 185 cm³/mol. The lowest BCUT2D eigenvalue weighted by Gasteiger charge is -2.14. The number of hydrogen-bond acceptors (Lipinski definition) is 3. The molecule has 0 aliphatic heterocycles. The third kappa shape index (κ3) is 4.35. The molecule has 4 aromatic heterocycles. The number of hydrogen-bond donors (Lipinski definition) is 0. The average molecular weight is 575 g/mol. The maximum Gasteiger partial charge on any atom is 0.138 e. The minimum absolute atomic E-state index is 0.912. The molecule has 210 valence electrons. The maximum absolute atomic E-state index is 5.36. The average Bonchev–Trinajstić information content (AvgIpc) is 3.55. The van der Waals surface area contributed by atoms with Crippen LogP contribution < -0.4 is 0 Å². The van der Waals surface area contributed by atoms with E-state index in [0.29, 0.717) is 0 Å². The van der Waals surface area contributed by atoms with Crippen molar-refractivity contribution in [3.8, 4) is 44.9 Å². The Kier molecular flexibility index (Phi) is 5.78. The van der Waals surface area contributed by atoms with E-state index < -0.39 is 0 Å². The van der Waals surface area contributed by atoms with Gasteiger partial charge in [0.15, 0.2) is 0 Å². The molecule has 0 unspecified atom stereocenters. The molecule has 0 bridgehead atoms. The molecule has 0 fully saturated rings. The van der Waals surface area contributed by atoms with Gasteiger partial charge in [-0.3, -0.25) is 0 Å². The number of rotatable bonds is 4. The van der Waals surface area contributed by atoms with Crippen LogP contribution in [0, 0.1) is 0 Å². The van der Waals surface area contributed by atoms with Gasteiger partial charge in [0.05, 0.1) is 28.1 Å². The molecule has 0 saturated carbocycles. The van der Waals surface area contributed by atoms with Crippen molar-refractivity contribution in [2.75, 3.05) is 0 Å². The monoisotopic (exact) mass is 574 g/mol. The Morgan fingerprint density at radius 2 is 1.09 bits per heavy atom. The fourth-order valence-corrected chi connectivity index (χ4v) is 6.34. The lowest BCUT2D eigenvalue weighted by atomic mass is 9.95. The van der Waals surface area contributed by atoms with Crippen molar-refractivity contribution in [1.29, 1.82) is 0 Å². The van der Waals surface area contributed by atoms with Crippen LogP contribution in [-0.4, -0.2) is 19.4 Å². The number of benzene rings is 5. The van der Waals surface area contributed by atoms with E-state index >= 15 is 0 Å². The molecule has 0 radical (unpaired) electrons. The number of imidazole rings is 1. The van der Waals surface area contributed by atoms with E-state index in [2.05, 4.69) is 132 Å². The Labute approximate surface area is 259 Å². The summed E-state index contributed by atoms with van der Waals surface area (Å²) in [6, 6.07) is 50.7. The van der Waals surface area contributed by atoms with E-state index in [0.717, 1.165) is 83.1 Å². The smallest absolute Gasteiger partial charge is 0.138 e. The second-order valence-corrected chi connectivity index (χ2v) is 11.4. The lowest BCUT2D eigenvalue weighted by molar-refractivity contribution is 1.19. The minimum atomic E-state index is 0.912. The van der Waals surface area contributed by atoms with Crippen LogP contribution in [0.25, 0.3) is 83.1 Å². The van der Waals surface area contributed by atoms with E-state index in [1.807, 2.05) is 30.3 Å². The van der Waals surface area contributed by atoms with Gasteiger partial charge in [-0.05, 0) is 40.8 Å². The zero-order chi connectivity index (χ0) is 29.7. The summed E-state index contributed by atoms with van der Waals surface area (Å²) in [4.78, 5) is 15.5. The second kappa shape index (κ2) is 10.2. The van der Waals surface area contributed by atoms with Gasteiger partial charge in [-0.1, -0.05) is 121 Å². The van der Waals surface area contributed by atoms with E-state index in [1.165, 1.54) is 0 Å². The Morgan fingerprint density at radius 1 is 0.444 bits per heavy atom. The van der Waals surface area contributed by atoms with Crippen LogP contribution in [0.4, 0.5) is 0 Å². The summed E-state index contributed by atoms with van der Waals surface area (Å²) in [5.41, 5.74) is 11.2. The number of fused-ring (bicyclic) bond motifs is 6. The summed E-state index contributed by atoms with van der Waals surface area (Å²) in [7, 11) is 0. The van der Waals surface area contributed by atoms with Gasteiger partial charge in [0, 0.05) is 45.2 Å². The highest BCUT2D eigenvalue weighted by atomic mass is 15.0. The molecule has 0 aliphatic rings. The molecule has 9 aromatic rings. The van der Waals surface area contributed by atoms with Gasteiger partial charge in [0.25, 0.3) is 0 Å². The molecule has 5 aromatic carbocycles. The molecule has 4 nitrogen and oxygen atoms in total. The van der Waals surface area contributed by atoms with E-state index in [4.69, 9.17) is 15.0 Å². The first-order chi connectivity index (χ1) is 22.3. The number of pyridine rings is 3. The molecule has 0 saturated heterocycles. The van der Waals surface area contributed by atoms with Crippen molar-refractivity contribution in [2.45, 2.75) is 0 Å². The van der Waals surface area contributed by atoms with Gasteiger partial charge in [0.1, 0.15) is 5.65 Å². The number of aromatic nitrogens is 4. The van der Waals surface area contributed by atoms with Crippen LogP contribution >= 0.6 is 0 Å². The van der Waals surface area contributed by atoms with Crippen molar-refractivity contribution in [3.05, 3.63) is 158 Å². The van der Waals surface area contributed by atoms with Crippen molar-refractivity contribution in [3.63, 3.8) is 0 Å².